The summed E-state index contributed by atoms with van der Waals surface area (Å²) in [7, 11) is 1.66. The summed E-state index contributed by atoms with van der Waals surface area (Å²) in [4.78, 5) is 8.71. The summed E-state index contributed by atoms with van der Waals surface area (Å²) in [5.41, 5.74) is 1.96. The average molecular weight is 369 g/mol. The van der Waals surface area contributed by atoms with E-state index in [4.69, 9.17) is 4.74 Å². The van der Waals surface area contributed by atoms with Gasteiger partial charge in [0, 0.05) is 12.1 Å². The molecule has 0 fully saturated rings. The lowest BCUT2D eigenvalue weighted by molar-refractivity contribution is 0.415. The molecule has 4 aromatic rings. The second-order valence-electron chi connectivity index (χ2n) is 5.19. The van der Waals surface area contributed by atoms with Gasteiger partial charge in [0.05, 0.1) is 17.3 Å². The molecule has 6 nitrogen and oxygen atoms in total. The van der Waals surface area contributed by atoms with Gasteiger partial charge in [-0.15, -0.1) is 21.5 Å². The normalized spacial score (nSPS) is 11.1. The molecule has 0 aliphatic rings. The molecular formula is C17H15N5OS2. The van der Waals surface area contributed by atoms with Gasteiger partial charge in [0.2, 0.25) is 0 Å². The van der Waals surface area contributed by atoms with E-state index < -0.39 is 0 Å². The Morgan fingerprint density at radius 3 is 2.72 bits per heavy atom. The average Bonchev–Trinajstić information content (AvgIpc) is 3.29. The van der Waals surface area contributed by atoms with E-state index in [0.29, 0.717) is 0 Å². The first-order valence-corrected chi connectivity index (χ1v) is 9.43. The number of benzene rings is 1. The Morgan fingerprint density at radius 1 is 1.12 bits per heavy atom. The molecule has 0 spiro atoms. The second-order valence-corrected chi connectivity index (χ2v) is 7.07. The third-order valence-electron chi connectivity index (χ3n) is 3.78. The van der Waals surface area contributed by atoms with Crippen LogP contribution in [0.3, 0.4) is 0 Å². The fraction of sp³-hybridized carbons (Fsp3) is 0.176. The van der Waals surface area contributed by atoms with Crippen LogP contribution in [0.5, 0.6) is 5.75 Å². The number of rotatable bonds is 5. The van der Waals surface area contributed by atoms with Crippen LogP contribution in [0, 0.1) is 0 Å². The number of fused-ring (bicyclic) bond motifs is 1. The fourth-order valence-electron chi connectivity index (χ4n) is 2.53. The van der Waals surface area contributed by atoms with E-state index >= 15 is 0 Å². The summed E-state index contributed by atoms with van der Waals surface area (Å²) in [5, 5.41) is 12.5. The molecule has 1 aromatic carbocycles. The Morgan fingerprint density at radius 2 is 1.96 bits per heavy atom. The summed E-state index contributed by atoms with van der Waals surface area (Å²) < 4.78 is 8.38. The van der Waals surface area contributed by atoms with Crippen LogP contribution in [-0.2, 0) is 6.54 Å². The lowest BCUT2D eigenvalue weighted by atomic mass is 10.2. The van der Waals surface area contributed by atoms with Crippen molar-refractivity contribution in [2.75, 3.05) is 7.11 Å². The molecule has 0 atom stereocenters. The monoisotopic (exact) mass is 369 g/mol. The zero-order valence-corrected chi connectivity index (χ0v) is 15.3. The number of thiophene rings is 1. The molecule has 0 aliphatic heterocycles. The number of hydrogen-bond donors (Lipinski definition) is 0. The van der Waals surface area contributed by atoms with E-state index in [9.17, 15) is 0 Å². The van der Waals surface area contributed by atoms with Crippen molar-refractivity contribution < 1.29 is 4.74 Å². The molecule has 3 aromatic heterocycles. The Kier molecular flexibility index (Phi) is 4.37. The SMILES string of the molecule is CCn1c(Sc2ncnc3ccsc23)nnc1-c1ccc(OC)cc1. The summed E-state index contributed by atoms with van der Waals surface area (Å²) >= 11 is 3.16. The minimum absolute atomic E-state index is 0.773. The number of aromatic nitrogens is 5. The van der Waals surface area contributed by atoms with Crippen molar-refractivity contribution in [1.82, 2.24) is 24.7 Å². The van der Waals surface area contributed by atoms with Crippen LogP contribution in [-0.4, -0.2) is 31.8 Å². The Balaban J connectivity index is 1.71. The maximum atomic E-state index is 5.22. The van der Waals surface area contributed by atoms with E-state index in [2.05, 4.69) is 31.7 Å². The predicted octanol–water partition coefficient (Wildman–Crippen LogP) is 4.13. The van der Waals surface area contributed by atoms with Gasteiger partial charge < -0.3 is 9.30 Å². The molecule has 0 amide bonds. The van der Waals surface area contributed by atoms with Gasteiger partial charge in [-0.3, -0.25) is 0 Å². The van der Waals surface area contributed by atoms with Gasteiger partial charge in [-0.25, -0.2) is 9.97 Å². The summed E-state index contributed by atoms with van der Waals surface area (Å²) in [6, 6.07) is 9.84. The molecule has 25 heavy (non-hydrogen) atoms. The highest BCUT2D eigenvalue weighted by Gasteiger charge is 2.16. The Hall–Kier alpha value is -2.45. The van der Waals surface area contributed by atoms with Crippen LogP contribution in [0.1, 0.15) is 6.92 Å². The van der Waals surface area contributed by atoms with E-state index in [1.54, 1.807) is 24.8 Å². The standard InChI is InChI=1S/C17H15N5OS2/c1-3-22-15(11-4-6-12(23-2)7-5-11)20-21-17(22)25-16-14-13(8-9-24-14)18-10-19-16/h4-10H,3H2,1-2H3. The van der Waals surface area contributed by atoms with Crippen molar-refractivity contribution in [2.24, 2.45) is 0 Å². The fourth-order valence-corrected chi connectivity index (χ4v) is 4.40. The zero-order chi connectivity index (χ0) is 17.2. The first-order chi connectivity index (χ1) is 12.3. The summed E-state index contributed by atoms with van der Waals surface area (Å²) in [6.07, 6.45) is 1.59. The minimum Gasteiger partial charge on any atom is -0.497 e. The summed E-state index contributed by atoms with van der Waals surface area (Å²) in [5.74, 6) is 1.66. The molecule has 4 rings (SSSR count). The van der Waals surface area contributed by atoms with E-state index in [-0.39, 0.29) is 0 Å². The molecule has 0 saturated heterocycles. The van der Waals surface area contributed by atoms with Crippen LogP contribution in [0.15, 0.2) is 52.2 Å². The highest BCUT2D eigenvalue weighted by Crippen LogP contribution is 2.34. The summed E-state index contributed by atoms with van der Waals surface area (Å²) in [6.45, 7) is 2.86. The van der Waals surface area contributed by atoms with Crippen LogP contribution in [0.4, 0.5) is 0 Å². The number of methoxy groups -OCH3 is 1. The quantitative estimate of drug-likeness (QED) is 0.493. The maximum absolute atomic E-state index is 5.22. The van der Waals surface area contributed by atoms with Crippen molar-refractivity contribution in [3.05, 3.63) is 42.0 Å². The molecule has 0 saturated carbocycles. The Bertz CT molecular complexity index is 1010. The van der Waals surface area contributed by atoms with Gasteiger partial charge >= 0.3 is 0 Å². The van der Waals surface area contributed by atoms with Gasteiger partial charge in [-0.2, -0.15) is 0 Å². The first-order valence-electron chi connectivity index (χ1n) is 7.74. The van der Waals surface area contributed by atoms with Gasteiger partial charge in [0.25, 0.3) is 0 Å². The van der Waals surface area contributed by atoms with E-state index in [0.717, 1.165) is 44.1 Å². The van der Waals surface area contributed by atoms with Crippen LogP contribution in [0.25, 0.3) is 21.6 Å². The van der Waals surface area contributed by atoms with Crippen LogP contribution >= 0.6 is 23.1 Å². The first kappa shape index (κ1) is 16.0. The third-order valence-corrected chi connectivity index (χ3v) is 5.81. The minimum atomic E-state index is 0.773. The zero-order valence-electron chi connectivity index (χ0n) is 13.7. The third kappa shape index (κ3) is 2.98. The lowest BCUT2D eigenvalue weighted by Gasteiger charge is -2.08. The lowest BCUT2D eigenvalue weighted by Crippen LogP contribution is -2.00. The van der Waals surface area contributed by atoms with Gasteiger partial charge in [-0.05, 0) is 54.4 Å². The molecular weight excluding hydrogens is 354 g/mol. The molecule has 0 radical (unpaired) electrons. The van der Waals surface area contributed by atoms with Crippen molar-refractivity contribution >= 4 is 33.3 Å². The van der Waals surface area contributed by atoms with Crippen molar-refractivity contribution in [1.29, 1.82) is 0 Å². The molecule has 0 bridgehead atoms. The van der Waals surface area contributed by atoms with E-state index in [1.165, 1.54) is 11.8 Å². The molecule has 3 heterocycles. The Labute approximate surface area is 152 Å². The van der Waals surface area contributed by atoms with Crippen molar-refractivity contribution in [3.63, 3.8) is 0 Å². The number of nitrogens with zero attached hydrogens (tertiary/aromatic N) is 5. The predicted molar refractivity (Wildman–Crippen MR) is 99.2 cm³/mol. The largest absolute Gasteiger partial charge is 0.497 e. The molecule has 0 N–H and O–H groups in total. The molecule has 126 valence electrons. The number of hydrogen-bond acceptors (Lipinski definition) is 7. The van der Waals surface area contributed by atoms with Gasteiger partial charge in [0.1, 0.15) is 17.1 Å². The number of ether oxygens (including phenoxy) is 1. The highest BCUT2D eigenvalue weighted by molar-refractivity contribution is 7.99. The van der Waals surface area contributed by atoms with Crippen LogP contribution in [0.2, 0.25) is 0 Å². The van der Waals surface area contributed by atoms with Gasteiger partial charge in [-0.1, -0.05) is 0 Å². The molecule has 8 heteroatoms. The molecule has 0 unspecified atom stereocenters. The second kappa shape index (κ2) is 6.81. The highest BCUT2D eigenvalue weighted by atomic mass is 32.2. The smallest absolute Gasteiger partial charge is 0.197 e. The van der Waals surface area contributed by atoms with E-state index in [1.807, 2.05) is 35.7 Å². The molecule has 0 aliphatic carbocycles. The van der Waals surface area contributed by atoms with Crippen LogP contribution < -0.4 is 4.74 Å². The van der Waals surface area contributed by atoms with Crippen molar-refractivity contribution in [2.45, 2.75) is 23.7 Å². The van der Waals surface area contributed by atoms with Gasteiger partial charge in [0.15, 0.2) is 11.0 Å². The topological polar surface area (TPSA) is 65.7 Å². The maximum Gasteiger partial charge on any atom is 0.197 e. The van der Waals surface area contributed by atoms with Crippen molar-refractivity contribution in [3.8, 4) is 17.1 Å².